The number of carbonyl (C=O) groups excluding carboxylic acids is 1. The van der Waals surface area contributed by atoms with Crippen LogP contribution in [0.25, 0.3) is 0 Å². The maximum atomic E-state index is 11.7. The molecule has 0 radical (unpaired) electrons. The Morgan fingerprint density at radius 3 is 2.50 bits per heavy atom. The van der Waals surface area contributed by atoms with Gasteiger partial charge in [0.25, 0.3) is 0 Å². The minimum Gasteiger partial charge on any atom is -0.480 e. The zero-order valence-electron chi connectivity index (χ0n) is 12.5. The Labute approximate surface area is 120 Å². The monoisotopic (exact) mass is 285 g/mol. The quantitative estimate of drug-likeness (QED) is 0.630. The molecule has 116 valence electrons. The molecule has 0 saturated carbocycles. The number of likely N-dealkylation sites (tertiary alicyclic amines) is 1. The number of nitrogens with zero attached hydrogens (tertiary/aromatic N) is 1. The predicted octanol–water partition coefficient (Wildman–Crippen LogP) is 1.41. The van der Waals surface area contributed by atoms with Gasteiger partial charge in [0.2, 0.25) is 0 Å². The van der Waals surface area contributed by atoms with E-state index in [1.165, 1.54) is 12.8 Å². The smallest absolute Gasteiger partial charge is 0.326 e. The molecule has 1 heterocycles. The first-order valence-corrected chi connectivity index (χ1v) is 7.55. The van der Waals surface area contributed by atoms with E-state index < -0.39 is 12.0 Å². The number of urea groups is 1. The van der Waals surface area contributed by atoms with Crippen LogP contribution in [0.5, 0.6) is 0 Å². The molecule has 1 fully saturated rings. The lowest BCUT2D eigenvalue weighted by Gasteiger charge is -2.24. The number of hydrogen-bond donors (Lipinski definition) is 3. The molecule has 6 nitrogen and oxygen atoms in total. The number of rotatable bonds is 8. The van der Waals surface area contributed by atoms with Crippen LogP contribution in [0.2, 0.25) is 0 Å². The molecule has 1 aliphatic rings. The number of carboxylic acids is 1. The van der Waals surface area contributed by atoms with Gasteiger partial charge in [-0.05, 0) is 39.3 Å². The van der Waals surface area contributed by atoms with Gasteiger partial charge in [0, 0.05) is 12.6 Å². The molecule has 6 heteroatoms. The summed E-state index contributed by atoms with van der Waals surface area (Å²) in [7, 11) is 0. The minimum atomic E-state index is -0.971. The topological polar surface area (TPSA) is 81.7 Å². The van der Waals surface area contributed by atoms with Gasteiger partial charge in [0.05, 0.1) is 0 Å². The number of amides is 2. The average Bonchev–Trinajstić information content (AvgIpc) is 2.94. The van der Waals surface area contributed by atoms with Crippen molar-refractivity contribution in [2.24, 2.45) is 0 Å². The largest absolute Gasteiger partial charge is 0.480 e. The van der Waals surface area contributed by atoms with Gasteiger partial charge in [0.1, 0.15) is 6.04 Å². The summed E-state index contributed by atoms with van der Waals surface area (Å²) in [6.07, 6.45) is 4.62. The molecule has 2 amide bonds. The standard InChI is InChI=1S/C14H27N3O3/c1-3-4-7-12(13(18)19)16-14(20)15-10-11(2)17-8-5-6-9-17/h11-12H,3-10H2,1-2H3,(H,18,19)(H2,15,16,20)/t11?,12-/m0/s1. The van der Waals surface area contributed by atoms with E-state index >= 15 is 0 Å². The molecule has 20 heavy (non-hydrogen) atoms. The highest BCUT2D eigenvalue weighted by molar-refractivity contribution is 5.82. The van der Waals surface area contributed by atoms with E-state index in [0.29, 0.717) is 19.0 Å². The number of nitrogens with one attached hydrogen (secondary N) is 2. The first-order valence-electron chi connectivity index (χ1n) is 7.55. The SMILES string of the molecule is CCCC[C@H](NC(=O)NCC(C)N1CCCC1)C(=O)O. The molecule has 1 unspecified atom stereocenters. The Morgan fingerprint density at radius 2 is 1.95 bits per heavy atom. The first-order chi connectivity index (χ1) is 9.54. The van der Waals surface area contributed by atoms with E-state index in [1.54, 1.807) is 0 Å². The molecule has 1 aliphatic heterocycles. The number of aliphatic carboxylic acids is 1. The van der Waals surface area contributed by atoms with Crippen LogP contribution in [0.3, 0.4) is 0 Å². The van der Waals surface area contributed by atoms with E-state index in [4.69, 9.17) is 5.11 Å². The Balaban J connectivity index is 2.28. The second-order valence-electron chi connectivity index (χ2n) is 5.48. The second kappa shape index (κ2) is 8.79. The maximum Gasteiger partial charge on any atom is 0.326 e. The van der Waals surface area contributed by atoms with Crippen molar-refractivity contribution >= 4 is 12.0 Å². The number of carboxylic acid groups (broad SMARTS) is 1. The van der Waals surface area contributed by atoms with Crippen molar-refractivity contribution in [1.82, 2.24) is 15.5 Å². The summed E-state index contributed by atoms with van der Waals surface area (Å²) >= 11 is 0. The fourth-order valence-electron chi connectivity index (χ4n) is 2.43. The van der Waals surface area contributed by atoms with E-state index in [2.05, 4.69) is 22.5 Å². The van der Waals surface area contributed by atoms with Crippen molar-refractivity contribution < 1.29 is 14.7 Å². The number of hydrogen-bond acceptors (Lipinski definition) is 3. The fraction of sp³-hybridized carbons (Fsp3) is 0.857. The molecule has 0 spiro atoms. The van der Waals surface area contributed by atoms with Crippen molar-refractivity contribution in [2.45, 2.75) is 58.0 Å². The number of carbonyl (C=O) groups is 2. The average molecular weight is 285 g/mol. The summed E-state index contributed by atoms with van der Waals surface area (Å²) in [4.78, 5) is 25.1. The minimum absolute atomic E-state index is 0.294. The summed E-state index contributed by atoms with van der Waals surface area (Å²) in [5.41, 5.74) is 0. The highest BCUT2D eigenvalue weighted by Crippen LogP contribution is 2.10. The van der Waals surface area contributed by atoms with Crippen LogP contribution in [-0.2, 0) is 4.79 Å². The summed E-state index contributed by atoms with van der Waals surface area (Å²) < 4.78 is 0. The first kappa shape index (κ1) is 16.8. The van der Waals surface area contributed by atoms with Gasteiger partial charge in [0.15, 0.2) is 0 Å². The van der Waals surface area contributed by atoms with Crippen LogP contribution in [0.15, 0.2) is 0 Å². The molecule has 0 bridgehead atoms. The third-order valence-corrected chi connectivity index (χ3v) is 3.77. The van der Waals surface area contributed by atoms with Crippen LogP contribution >= 0.6 is 0 Å². The predicted molar refractivity (Wildman–Crippen MR) is 77.8 cm³/mol. The molecule has 1 rings (SSSR count). The maximum absolute atomic E-state index is 11.7. The van der Waals surface area contributed by atoms with Crippen molar-refractivity contribution in [3.05, 3.63) is 0 Å². The Bertz CT molecular complexity index is 317. The van der Waals surface area contributed by atoms with Gasteiger partial charge in [-0.2, -0.15) is 0 Å². The van der Waals surface area contributed by atoms with E-state index in [-0.39, 0.29) is 6.03 Å². The molecule has 3 N–H and O–H groups in total. The zero-order chi connectivity index (χ0) is 15.0. The fourth-order valence-corrected chi connectivity index (χ4v) is 2.43. The molecule has 2 atom stereocenters. The van der Waals surface area contributed by atoms with Gasteiger partial charge < -0.3 is 15.7 Å². The van der Waals surface area contributed by atoms with Crippen LogP contribution in [0.1, 0.15) is 46.0 Å². The third kappa shape index (κ3) is 5.77. The van der Waals surface area contributed by atoms with Crippen molar-refractivity contribution in [3.8, 4) is 0 Å². The van der Waals surface area contributed by atoms with Crippen molar-refractivity contribution in [3.63, 3.8) is 0 Å². The molecular formula is C14H27N3O3. The summed E-state index contributed by atoms with van der Waals surface area (Å²) in [6, 6.07) is -0.890. The molecular weight excluding hydrogens is 258 g/mol. The third-order valence-electron chi connectivity index (χ3n) is 3.77. The van der Waals surface area contributed by atoms with Crippen molar-refractivity contribution in [2.75, 3.05) is 19.6 Å². The van der Waals surface area contributed by atoms with Gasteiger partial charge in [-0.3, -0.25) is 4.90 Å². The highest BCUT2D eigenvalue weighted by atomic mass is 16.4. The second-order valence-corrected chi connectivity index (χ2v) is 5.48. The lowest BCUT2D eigenvalue weighted by molar-refractivity contribution is -0.139. The Kier molecular flexibility index (Phi) is 7.36. The van der Waals surface area contributed by atoms with E-state index in [9.17, 15) is 9.59 Å². The van der Waals surface area contributed by atoms with E-state index in [0.717, 1.165) is 25.9 Å². The van der Waals surface area contributed by atoms with Gasteiger partial charge in [-0.25, -0.2) is 9.59 Å². The van der Waals surface area contributed by atoms with Crippen molar-refractivity contribution in [1.29, 1.82) is 0 Å². The highest BCUT2D eigenvalue weighted by Gasteiger charge is 2.21. The zero-order valence-corrected chi connectivity index (χ0v) is 12.5. The molecule has 0 aromatic rings. The van der Waals surface area contributed by atoms with Gasteiger partial charge in [-0.15, -0.1) is 0 Å². The lowest BCUT2D eigenvalue weighted by atomic mass is 10.1. The Hall–Kier alpha value is -1.30. The lowest BCUT2D eigenvalue weighted by Crippen LogP contribution is -2.49. The van der Waals surface area contributed by atoms with Crippen LogP contribution in [0, 0.1) is 0 Å². The molecule has 0 aromatic heterocycles. The van der Waals surface area contributed by atoms with Gasteiger partial charge in [-0.1, -0.05) is 19.8 Å². The summed E-state index contributed by atoms with van der Waals surface area (Å²) in [5.74, 6) is -0.971. The molecule has 0 aromatic carbocycles. The summed E-state index contributed by atoms with van der Waals surface area (Å²) in [6.45, 7) is 6.79. The van der Waals surface area contributed by atoms with Crippen LogP contribution in [0.4, 0.5) is 4.79 Å². The Morgan fingerprint density at radius 1 is 1.30 bits per heavy atom. The van der Waals surface area contributed by atoms with Gasteiger partial charge >= 0.3 is 12.0 Å². The molecule has 1 saturated heterocycles. The number of unbranched alkanes of at least 4 members (excludes halogenated alkanes) is 1. The summed E-state index contributed by atoms with van der Waals surface area (Å²) in [5, 5.41) is 14.3. The molecule has 0 aliphatic carbocycles. The normalized spacial score (nSPS) is 18.5. The van der Waals surface area contributed by atoms with E-state index in [1.807, 2.05) is 6.92 Å². The van der Waals surface area contributed by atoms with Crippen LogP contribution < -0.4 is 10.6 Å². The van der Waals surface area contributed by atoms with Crippen LogP contribution in [-0.4, -0.2) is 53.7 Å².